The third-order valence-corrected chi connectivity index (χ3v) is 6.08. The van der Waals surface area contributed by atoms with Crippen LogP contribution in [-0.2, 0) is 11.3 Å². The molecule has 0 atom stereocenters. The molecule has 1 amide bonds. The molecule has 0 radical (unpaired) electrons. The number of carbonyl (C=O) groups is 1. The van der Waals surface area contributed by atoms with Crippen LogP contribution >= 0.6 is 35.0 Å². The van der Waals surface area contributed by atoms with Crippen molar-refractivity contribution in [2.45, 2.75) is 11.7 Å². The highest BCUT2D eigenvalue weighted by Gasteiger charge is 2.20. The number of thioether (sulfide) groups is 1. The van der Waals surface area contributed by atoms with Gasteiger partial charge in [-0.05, 0) is 29.8 Å². The molecule has 0 spiro atoms. The van der Waals surface area contributed by atoms with E-state index in [2.05, 4.69) is 15.5 Å². The summed E-state index contributed by atoms with van der Waals surface area (Å²) in [6.45, 7) is 0.475. The van der Waals surface area contributed by atoms with Crippen LogP contribution in [0.3, 0.4) is 0 Å². The fourth-order valence-corrected chi connectivity index (χ4v) is 4.22. The van der Waals surface area contributed by atoms with Crippen LogP contribution in [0, 0.1) is 0 Å². The topological polar surface area (TPSA) is 59.8 Å². The smallest absolute Gasteiger partial charge is 0.230 e. The molecule has 4 rings (SSSR count). The van der Waals surface area contributed by atoms with Crippen LogP contribution in [0.25, 0.3) is 17.1 Å². The monoisotopic (exact) mass is 468 g/mol. The molecular weight excluding hydrogens is 451 g/mol. The summed E-state index contributed by atoms with van der Waals surface area (Å²) >= 11 is 14.2. The lowest BCUT2D eigenvalue weighted by Crippen LogP contribution is -2.24. The number of nitrogens with zero attached hydrogens (tertiary/aromatic N) is 3. The summed E-state index contributed by atoms with van der Waals surface area (Å²) in [5, 5.41) is 13.3. The van der Waals surface area contributed by atoms with Crippen molar-refractivity contribution in [2.75, 3.05) is 5.75 Å². The van der Waals surface area contributed by atoms with Gasteiger partial charge in [-0.2, -0.15) is 0 Å². The van der Waals surface area contributed by atoms with E-state index >= 15 is 0 Å². The maximum atomic E-state index is 12.4. The molecule has 4 aromatic rings. The number of benzene rings is 3. The van der Waals surface area contributed by atoms with E-state index in [0.29, 0.717) is 27.6 Å². The first-order valence-corrected chi connectivity index (χ1v) is 11.3. The van der Waals surface area contributed by atoms with Gasteiger partial charge in [-0.1, -0.05) is 89.6 Å². The minimum Gasteiger partial charge on any atom is -0.351 e. The van der Waals surface area contributed by atoms with Crippen molar-refractivity contribution in [3.8, 4) is 17.1 Å². The number of rotatable bonds is 7. The third-order valence-electron chi connectivity index (χ3n) is 4.51. The number of hydrogen-bond acceptors (Lipinski definition) is 4. The van der Waals surface area contributed by atoms with Crippen molar-refractivity contribution in [1.29, 1.82) is 0 Å². The van der Waals surface area contributed by atoms with E-state index in [1.165, 1.54) is 11.8 Å². The average molecular weight is 469 g/mol. The van der Waals surface area contributed by atoms with Crippen molar-refractivity contribution in [2.24, 2.45) is 0 Å². The van der Waals surface area contributed by atoms with E-state index in [0.717, 1.165) is 16.8 Å². The minimum absolute atomic E-state index is 0.0955. The summed E-state index contributed by atoms with van der Waals surface area (Å²) in [5.41, 5.74) is 2.49. The van der Waals surface area contributed by atoms with Crippen molar-refractivity contribution in [3.63, 3.8) is 0 Å². The highest BCUT2D eigenvalue weighted by molar-refractivity contribution is 7.99. The highest BCUT2D eigenvalue weighted by Crippen LogP contribution is 2.34. The van der Waals surface area contributed by atoms with E-state index in [-0.39, 0.29) is 11.7 Å². The predicted octanol–water partition coefficient (Wildman–Crippen LogP) is 5.65. The molecular formula is C23H18Cl2N4OS. The molecule has 1 aromatic heterocycles. The number of para-hydroxylation sites is 1. The van der Waals surface area contributed by atoms with Crippen LogP contribution < -0.4 is 5.32 Å². The van der Waals surface area contributed by atoms with E-state index in [1.54, 1.807) is 12.1 Å². The number of carbonyl (C=O) groups excluding carboxylic acids is 1. The van der Waals surface area contributed by atoms with Crippen LogP contribution in [0.2, 0.25) is 10.0 Å². The van der Waals surface area contributed by atoms with E-state index in [1.807, 2.05) is 71.3 Å². The van der Waals surface area contributed by atoms with E-state index < -0.39 is 0 Å². The Kier molecular flexibility index (Phi) is 6.92. The van der Waals surface area contributed by atoms with Gasteiger partial charge < -0.3 is 5.32 Å². The average Bonchev–Trinajstić information content (AvgIpc) is 3.21. The first kappa shape index (κ1) is 21.4. The second kappa shape index (κ2) is 10.0. The van der Waals surface area contributed by atoms with Gasteiger partial charge in [0.25, 0.3) is 0 Å². The lowest BCUT2D eigenvalue weighted by Gasteiger charge is -2.12. The molecule has 3 aromatic carbocycles. The number of hydrogen-bond donors (Lipinski definition) is 1. The van der Waals surface area contributed by atoms with Gasteiger partial charge in [-0.15, -0.1) is 10.2 Å². The zero-order chi connectivity index (χ0) is 21.6. The quantitative estimate of drug-likeness (QED) is 0.356. The fraction of sp³-hybridized carbons (Fsp3) is 0.0870. The molecule has 0 fully saturated rings. The zero-order valence-electron chi connectivity index (χ0n) is 16.3. The molecule has 8 heteroatoms. The summed E-state index contributed by atoms with van der Waals surface area (Å²) in [6, 6.07) is 24.6. The molecule has 0 aliphatic carbocycles. The molecule has 0 saturated carbocycles. The van der Waals surface area contributed by atoms with Crippen LogP contribution in [-0.4, -0.2) is 26.4 Å². The third kappa shape index (κ3) is 5.10. The predicted molar refractivity (Wildman–Crippen MR) is 126 cm³/mol. The summed E-state index contributed by atoms with van der Waals surface area (Å²) in [7, 11) is 0. The summed E-state index contributed by atoms with van der Waals surface area (Å²) in [6.07, 6.45) is 0. The van der Waals surface area contributed by atoms with E-state index in [4.69, 9.17) is 23.2 Å². The number of amides is 1. The molecule has 5 nitrogen and oxygen atoms in total. The molecule has 0 aliphatic heterocycles. The molecule has 0 aliphatic rings. The summed E-state index contributed by atoms with van der Waals surface area (Å²) < 4.78 is 1.83. The molecule has 1 heterocycles. The van der Waals surface area contributed by atoms with Crippen LogP contribution in [0.1, 0.15) is 5.56 Å². The maximum Gasteiger partial charge on any atom is 0.230 e. The van der Waals surface area contributed by atoms with Gasteiger partial charge in [0, 0.05) is 12.1 Å². The fourth-order valence-electron chi connectivity index (χ4n) is 3.01. The van der Waals surface area contributed by atoms with Crippen molar-refractivity contribution in [3.05, 3.63) is 94.5 Å². The minimum atomic E-state index is -0.0955. The Labute approximate surface area is 194 Å². The molecule has 0 saturated heterocycles. The van der Waals surface area contributed by atoms with Gasteiger partial charge >= 0.3 is 0 Å². The van der Waals surface area contributed by atoms with Crippen molar-refractivity contribution >= 4 is 40.9 Å². The Morgan fingerprint density at radius 1 is 0.871 bits per heavy atom. The first-order valence-electron chi connectivity index (χ1n) is 9.52. The maximum absolute atomic E-state index is 12.4. The van der Waals surface area contributed by atoms with Crippen LogP contribution in [0.4, 0.5) is 0 Å². The first-order chi connectivity index (χ1) is 15.1. The zero-order valence-corrected chi connectivity index (χ0v) is 18.7. The number of halogens is 2. The SMILES string of the molecule is O=C(CSc1nnc(-c2ccccc2Cl)n1-c1ccccc1Cl)NCc1ccccc1. The standard InChI is InChI=1S/C23H18Cl2N4OS/c24-18-11-5-4-10-17(18)22-27-28-23(29(22)20-13-7-6-12-19(20)25)31-15-21(30)26-14-16-8-2-1-3-9-16/h1-13H,14-15H2,(H,26,30). The second-order valence-electron chi connectivity index (χ2n) is 6.62. The van der Waals surface area contributed by atoms with Gasteiger partial charge in [-0.3, -0.25) is 9.36 Å². The Morgan fingerprint density at radius 2 is 1.55 bits per heavy atom. The summed E-state index contributed by atoms with van der Waals surface area (Å²) in [5.74, 6) is 0.658. The van der Waals surface area contributed by atoms with Gasteiger partial charge in [0.15, 0.2) is 11.0 Å². The molecule has 1 N–H and O–H groups in total. The van der Waals surface area contributed by atoms with Crippen molar-refractivity contribution in [1.82, 2.24) is 20.1 Å². The summed E-state index contributed by atoms with van der Waals surface area (Å²) in [4.78, 5) is 12.4. The largest absolute Gasteiger partial charge is 0.351 e. The lowest BCUT2D eigenvalue weighted by atomic mass is 10.2. The number of nitrogens with one attached hydrogen (secondary N) is 1. The second-order valence-corrected chi connectivity index (χ2v) is 8.38. The Morgan fingerprint density at radius 3 is 2.29 bits per heavy atom. The normalized spacial score (nSPS) is 10.8. The van der Waals surface area contributed by atoms with Gasteiger partial charge in [0.05, 0.1) is 21.5 Å². The highest BCUT2D eigenvalue weighted by atomic mass is 35.5. The molecule has 0 bridgehead atoms. The number of aromatic nitrogens is 3. The Hall–Kier alpha value is -2.80. The van der Waals surface area contributed by atoms with Crippen LogP contribution in [0.5, 0.6) is 0 Å². The lowest BCUT2D eigenvalue weighted by molar-refractivity contribution is -0.118. The van der Waals surface area contributed by atoms with Crippen LogP contribution in [0.15, 0.2) is 84.0 Å². The van der Waals surface area contributed by atoms with E-state index in [9.17, 15) is 4.79 Å². The Bertz CT molecular complexity index is 1200. The molecule has 31 heavy (non-hydrogen) atoms. The van der Waals surface area contributed by atoms with Gasteiger partial charge in [0.2, 0.25) is 5.91 Å². The van der Waals surface area contributed by atoms with Crippen molar-refractivity contribution < 1.29 is 4.79 Å². The Balaban J connectivity index is 1.58. The van der Waals surface area contributed by atoms with Gasteiger partial charge in [0.1, 0.15) is 0 Å². The van der Waals surface area contributed by atoms with Gasteiger partial charge in [-0.25, -0.2) is 0 Å². The molecule has 0 unspecified atom stereocenters. The molecule has 156 valence electrons.